The molecule has 1 amide bonds. The number of rotatable bonds is 7. The first-order valence-electron chi connectivity index (χ1n) is 11.8. The highest BCUT2D eigenvalue weighted by atomic mass is 16.7. The number of carbonyl (C=O) groups excluding carboxylic acids is 3. The molecule has 0 radical (unpaired) electrons. The van der Waals surface area contributed by atoms with Crippen LogP contribution in [0.5, 0.6) is 5.75 Å². The van der Waals surface area contributed by atoms with Gasteiger partial charge in [-0.15, -0.1) is 0 Å². The molecule has 1 aromatic carbocycles. The van der Waals surface area contributed by atoms with E-state index >= 15 is 0 Å². The molecule has 10 heteroatoms. The number of aliphatic hydroxyl groups is 1. The molecule has 1 aromatic rings. The Hall–Kier alpha value is -2.69. The minimum Gasteiger partial charge on any atom is -0.497 e. The van der Waals surface area contributed by atoms with Gasteiger partial charge < -0.3 is 33.9 Å². The number of methoxy groups -OCH3 is 3. The fourth-order valence-corrected chi connectivity index (χ4v) is 7.72. The van der Waals surface area contributed by atoms with Crippen LogP contribution in [0.1, 0.15) is 31.7 Å². The number of hydrogen-bond acceptors (Lipinski definition) is 9. The maximum atomic E-state index is 14.3. The van der Waals surface area contributed by atoms with Gasteiger partial charge in [0.05, 0.1) is 49.8 Å². The fourth-order valence-electron chi connectivity index (χ4n) is 7.72. The number of benzene rings is 1. The second kappa shape index (κ2) is 7.91. The number of Topliss-reactive ketones (excluding diaryl/α,β-unsaturated/α-hetero) is 1. The highest BCUT2D eigenvalue weighted by molar-refractivity contribution is 6.14. The monoisotopic (exact) mass is 488 g/mol. The molecule has 10 nitrogen and oxygen atoms in total. The van der Waals surface area contributed by atoms with Crippen molar-refractivity contribution in [3.05, 3.63) is 23.8 Å². The lowest BCUT2D eigenvalue weighted by Crippen LogP contribution is -2.77. The van der Waals surface area contributed by atoms with Crippen LogP contribution < -0.4 is 9.64 Å². The number of anilines is 1. The summed E-state index contributed by atoms with van der Waals surface area (Å²) in [5.41, 5.74) is -3.07. The van der Waals surface area contributed by atoms with Crippen LogP contribution in [-0.2, 0) is 34.0 Å². The number of ketones is 1. The van der Waals surface area contributed by atoms with Crippen LogP contribution >= 0.6 is 0 Å². The molecule has 3 heterocycles. The number of carbonyl (C=O) groups is 3. The van der Waals surface area contributed by atoms with Gasteiger partial charge in [0.1, 0.15) is 12.5 Å². The van der Waals surface area contributed by atoms with Crippen LogP contribution in [0.15, 0.2) is 18.2 Å². The molecule has 5 rings (SSSR count). The number of likely N-dealkylation sites (N-methyl/N-ethyl adjacent to an activating group) is 1. The highest BCUT2D eigenvalue weighted by Gasteiger charge is 2.83. The van der Waals surface area contributed by atoms with Crippen molar-refractivity contribution in [2.24, 2.45) is 5.41 Å². The summed E-state index contributed by atoms with van der Waals surface area (Å²) in [7, 11) is 5.97. The summed E-state index contributed by atoms with van der Waals surface area (Å²) in [5.74, 6) is -1.13. The van der Waals surface area contributed by atoms with Crippen molar-refractivity contribution >= 4 is 23.3 Å². The van der Waals surface area contributed by atoms with Gasteiger partial charge in [0, 0.05) is 32.3 Å². The Kier molecular flexibility index (Phi) is 5.43. The van der Waals surface area contributed by atoms with Crippen LogP contribution in [0, 0.1) is 5.41 Å². The van der Waals surface area contributed by atoms with E-state index in [1.165, 1.54) is 7.11 Å². The van der Waals surface area contributed by atoms with Crippen LogP contribution in [0.4, 0.5) is 5.69 Å². The van der Waals surface area contributed by atoms with Crippen LogP contribution in [-0.4, -0.2) is 93.2 Å². The van der Waals surface area contributed by atoms with Gasteiger partial charge in [-0.3, -0.25) is 9.59 Å². The van der Waals surface area contributed by atoms with Crippen molar-refractivity contribution in [1.82, 2.24) is 4.90 Å². The van der Waals surface area contributed by atoms with Crippen molar-refractivity contribution in [2.45, 2.75) is 55.3 Å². The first kappa shape index (κ1) is 24.0. The predicted molar refractivity (Wildman–Crippen MR) is 123 cm³/mol. The van der Waals surface area contributed by atoms with E-state index in [1.807, 2.05) is 25.1 Å². The number of amides is 1. The van der Waals surface area contributed by atoms with Crippen molar-refractivity contribution < 1.29 is 38.4 Å². The highest BCUT2D eigenvalue weighted by Crippen LogP contribution is 2.68. The van der Waals surface area contributed by atoms with E-state index in [0.717, 1.165) is 12.7 Å². The summed E-state index contributed by atoms with van der Waals surface area (Å²) in [4.78, 5) is 44.9. The van der Waals surface area contributed by atoms with Crippen LogP contribution in [0.25, 0.3) is 0 Å². The van der Waals surface area contributed by atoms with Gasteiger partial charge in [0.2, 0.25) is 11.5 Å². The number of esters is 1. The number of hydrogen-bond donors (Lipinski definition) is 1. The third kappa shape index (κ3) is 2.67. The third-order valence-electron chi connectivity index (χ3n) is 8.81. The number of nitrogens with zero attached hydrogens (tertiary/aromatic N) is 2. The summed E-state index contributed by atoms with van der Waals surface area (Å²) in [5, 5.41) is 12.1. The Morgan fingerprint density at radius 3 is 2.57 bits per heavy atom. The first-order chi connectivity index (χ1) is 16.7. The van der Waals surface area contributed by atoms with Crippen molar-refractivity contribution in [1.29, 1.82) is 0 Å². The van der Waals surface area contributed by atoms with Gasteiger partial charge in [0.25, 0.3) is 0 Å². The largest absolute Gasteiger partial charge is 0.497 e. The molecule has 1 aliphatic carbocycles. The number of ether oxygens (including phenoxy) is 4. The van der Waals surface area contributed by atoms with E-state index in [0.29, 0.717) is 17.9 Å². The molecule has 0 aromatic heterocycles. The normalized spacial score (nSPS) is 36.8. The van der Waals surface area contributed by atoms with Gasteiger partial charge in [0.15, 0.2) is 5.78 Å². The quantitative estimate of drug-likeness (QED) is 0.255. The molecule has 2 saturated heterocycles. The first-order valence-corrected chi connectivity index (χ1v) is 11.8. The maximum Gasteiger partial charge on any atom is 0.348 e. The Balaban J connectivity index is 1.78. The minimum atomic E-state index is -2.46. The van der Waals surface area contributed by atoms with E-state index in [9.17, 15) is 19.5 Å². The van der Waals surface area contributed by atoms with E-state index in [-0.39, 0.29) is 38.2 Å². The van der Waals surface area contributed by atoms with Gasteiger partial charge in [-0.1, -0.05) is 13.0 Å². The predicted octanol–water partition coefficient (Wildman–Crippen LogP) is 0.628. The van der Waals surface area contributed by atoms with Crippen LogP contribution in [0.2, 0.25) is 0 Å². The standard InChI is InChI=1S/C25H32N2O8/c1-6-23-10-14(12-35-13-32-3)27-18(28)11-24(19(23)27)16-8-7-15(33-4)9-17(16)26(2)20(24)25(31,21(23)29)22(30)34-5/h7-9,14,19-20,31H,6,10-13H2,1-5H3/t14-,19+,20-,23-,24-,25+/m1/s1. The Morgan fingerprint density at radius 2 is 1.94 bits per heavy atom. The molecule has 0 bridgehead atoms. The lowest BCUT2D eigenvalue weighted by molar-refractivity contribution is -0.185. The molecule has 1 saturated carbocycles. The molecule has 6 atom stereocenters. The maximum absolute atomic E-state index is 14.3. The summed E-state index contributed by atoms with van der Waals surface area (Å²) in [6.45, 7) is 2.12. The van der Waals surface area contributed by atoms with Gasteiger partial charge in [-0.2, -0.15) is 0 Å². The molecular formula is C25H32N2O8. The summed E-state index contributed by atoms with van der Waals surface area (Å²) < 4.78 is 21.1. The van der Waals surface area contributed by atoms with E-state index < -0.39 is 40.3 Å². The van der Waals surface area contributed by atoms with Gasteiger partial charge >= 0.3 is 5.97 Å². The van der Waals surface area contributed by atoms with Crippen molar-refractivity contribution in [2.75, 3.05) is 46.7 Å². The zero-order valence-electron chi connectivity index (χ0n) is 20.7. The second-order valence-corrected chi connectivity index (χ2v) is 10.0. The molecule has 35 heavy (non-hydrogen) atoms. The average molecular weight is 489 g/mol. The summed E-state index contributed by atoms with van der Waals surface area (Å²) in [6.07, 6.45) is 0.691. The molecule has 3 aliphatic heterocycles. The van der Waals surface area contributed by atoms with E-state index in [4.69, 9.17) is 18.9 Å². The zero-order chi connectivity index (χ0) is 25.3. The SMILES string of the molecule is CC[C@]12C[C@H](COCOC)N3C(=O)C[C@@]4(c5ccc(OC)cc5N(C)[C@H]4[C@@](O)(C(=O)OC)C1=O)[C@@H]32. The minimum absolute atomic E-state index is 0.0567. The lowest BCUT2D eigenvalue weighted by atomic mass is 9.49. The zero-order valence-corrected chi connectivity index (χ0v) is 20.7. The molecule has 1 N–H and O–H groups in total. The Labute approximate surface area is 204 Å². The molecule has 190 valence electrons. The van der Waals surface area contributed by atoms with Crippen molar-refractivity contribution in [3.63, 3.8) is 0 Å². The van der Waals surface area contributed by atoms with E-state index in [1.54, 1.807) is 24.0 Å². The van der Waals surface area contributed by atoms with Gasteiger partial charge in [-0.25, -0.2) is 4.79 Å². The smallest absolute Gasteiger partial charge is 0.348 e. The third-order valence-corrected chi connectivity index (χ3v) is 8.81. The van der Waals surface area contributed by atoms with Crippen molar-refractivity contribution in [3.8, 4) is 5.75 Å². The Morgan fingerprint density at radius 1 is 1.20 bits per heavy atom. The fraction of sp³-hybridized carbons (Fsp3) is 0.640. The van der Waals surface area contributed by atoms with E-state index in [2.05, 4.69) is 0 Å². The molecular weight excluding hydrogens is 456 g/mol. The molecule has 1 spiro atoms. The van der Waals surface area contributed by atoms with Crippen LogP contribution in [0.3, 0.4) is 0 Å². The molecule has 4 aliphatic rings. The molecule has 3 fully saturated rings. The topological polar surface area (TPSA) is 115 Å². The lowest BCUT2D eigenvalue weighted by Gasteiger charge is -2.55. The summed E-state index contributed by atoms with van der Waals surface area (Å²) in [6, 6.07) is 3.58. The second-order valence-electron chi connectivity index (χ2n) is 10.0. The molecule has 0 unspecified atom stereocenters. The Bertz CT molecular complexity index is 1090. The average Bonchev–Trinajstić information content (AvgIpc) is 3.45. The van der Waals surface area contributed by atoms with Gasteiger partial charge in [-0.05, 0) is 24.5 Å². The summed E-state index contributed by atoms with van der Waals surface area (Å²) >= 11 is 0. The number of fused-ring (bicyclic) bond motifs is 1.